The number of hydrogen-bond acceptors (Lipinski definition) is 1. The lowest BCUT2D eigenvalue weighted by Crippen LogP contribution is -2.14. The highest BCUT2D eigenvalue weighted by molar-refractivity contribution is 5.23. The lowest BCUT2D eigenvalue weighted by atomic mass is 10.0. The van der Waals surface area contributed by atoms with E-state index < -0.39 is 11.6 Å². The highest BCUT2D eigenvalue weighted by atomic mass is 19.1. The van der Waals surface area contributed by atoms with Crippen LogP contribution < -0.4 is 5.73 Å². The van der Waals surface area contributed by atoms with Gasteiger partial charge in [-0.3, -0.25) is 0 Å². The van der Waals surface area contributed by atoms with Crippen molar-refractivity contribution in [1.29, 1.82) is 0 Å². The van der Waals surface area contributed by atoms with Crippen molar-refractivity contribution in [1.82, 2.24) is 0 Å². The van der Waals surface area contributed by atoms with E-state index in [9.17, 15) is 8.78 Å². The third-order valence-electron chi connectivity index (χ3n) is 2.45. The maximum atomic E-state index is 13.2. The molecule has 1 fully saturated rings. The van der Waals surface area contributed by atoms with Gasteiger partial charge in [-0.25, -0.2) is 8.78 Å². The maximum Gasteiger partial charge on any atom is 0.128 e. The molecule has 1 aromatic carbocycles. The second-order valence-electron chi connectivity index (χ2n) is 3.53. The van der Waals surface area contributed by atoms with Crippen LogP contribution in [0.15, 0.2) is 18.2 Å². The van der Waals surface area contributed by atoms with Crippen LogP contribution in [-0.2, 0) is 0 Å². The average Bonchev–Trinajstić information content (AvgIpc) is 2.91. The Balaban J connectivity index is 2.31. The van der Waals surface area contributed by atoms with Crippen LogP contribution in [0.2, 0.25) is 0 Å². The van der Waals surface area contributed by atoms with Gasteiger partial charge in [-0.15, -0.1) is 0 Å². The summed E-state index contributed by atoms with van der Waals surface area (Å²) in [6.07, 6.45) is 2.05. The summed E-state index contributed by atoms with van der Waals surface area (Å²) in [5, 5.41) is 0. The molecule has 0 bridgehead atoms. The molecule has 0 amide bonds. The van der Waals surface area contributed by atoms with Gasteiger partial charge >= 0.3 is 0 Å². The summed E-state index contributed by atoms with van der Waals surface area (Å²) in [5.74, 6) is -0.482. The van der Waals surface area contributed by atoms with Crippen molar-refractivity contribution in [3.8, 4) is 0 Å². The molecule has 1 saturated carbocycles. The van der Waals surface area contributed by atoms with Crippen LogP contribution >= 0.6 is 0 Å². The SMILES string of the molecule is N[C@@H](c1cc(F)ccc1F)C1CC1. The maximum absolute atomic E-state index is 13.2. The molecule has 2 N–H and O–H groups in total. The largest absolute Gasteiger partial charge is 0.324 e. The van der Waals surface area contributed by atoms with Crippen molar-refractivity contribution >= 4 is 0 Å². The fourth-order valence-electron chi connectivity index (χ4n) is 1.48. The van der Waals surface area contributed by atoms with Crippen LogP contribution in [0.25, 0.3) is 0 Å². The van der Waals surface area contributed by atoms with Crippen molar-refractivity contribution < 1.29 is 8.78 Å². The van der Waals surface area contributed by atoms with Gasteiger partial charge in [0.1, 0.15) is 11.6 Å². The third-order valence-corrected chi connectivity index (χ3v) is 2.45. The average molecular weight is 183 g/mol. The van der Waals surface area contributed by atoms with E-state index in [-0.39, 0.29) is 6.04 Å². The van der Waals surface area contributed by atoms with Gasteiger partial charge in [0.2, 0.25) is 0 Å². The van der Waals surface area contributed by atoms with E-state index in [0.29, 0.717) is 11.5 Å². The highest BCUT2D eigenvalue weighted by Crippen LogP contribution is 2.40. The van der Waals surface area contributed by atoms with Crippen LogP contribution in [0.1, 0.15) is 24.4 Å². The molecular weight excluding hydrogens is 172 g/mol. The van der Waals surface area contributed by atoms with Gasteiger partial charge in [0.15, 0.2) is 0 Å². The minimum atomic E-state index is -0.424. The lowest BCUT2D eigenvalue weighted by Gasteiger charge is -2.11. The summed E-state index contributed by atoms with van der Waals surface area (Å²) >= 11 is 0. The molecule has 0 saturated heterocycles. The minimum Gasteiger partial charge on any atom is -0.324 e. The number of halogens is 2. The van der Waals surface area contributed by atoms with Gasteiger partial charge in [-0.05, 0) is 37.0 Å². The Morgan fingerprint density at radius 3 is 2.62 bits per heavy atom. The molecule has 1 atom stereocenters. The summed E-state index contributed by atoms with van der Waals surface area (Å²) in [6.45, 7) is 0. The molecule has 0 spiro atoms. The van der Waals surface area contributed by atoms with Crippen LogP contribution in [0, 0.1) is 17.6 Å². The first-order valence-electron chi connectivity index (χ1n) is 4.39. The molecular formula is C10H11F2N. The number of nitrogens with two attached hydrogens (primary N) is 1. The second-order valence-corrected chi connectivity index (χ2v) is 3.53. The van der Waals surface area contributed by atoms with Gasteiger partial charge in [0, 0.05) is 11.6 Å². The molecule has 3 heteroatoms. The van der Waals surface area contributed by atoms with Crippen molar-refractivity contribution in [3.63, 3.8) is 0 Å². The summed E-state index contributed by atoms with van der Waals surface area (Å²) in [5.41, 5.74) is 6.07. The van der Waals surface area contributed by atoms with Gasteiger partial charge in [-0.2, -0.15) is 0 Å². The summed E-state index contributed by atoms with van der Waals surface area (Å²) in [4.78, 5) is 0. The van der Waals surface area contributed by atoms with Crippen molar-refractivity contribution in [2.75, 3.05) is 0 Å². The zero-order valence-corrected chi connectivity index (χ0v) is 7.13. The lowest BCUT2D eigenvalue weighted by molar-refractivity contribution is 0.539. The smallest absolute Gasteiger partial charge is 0.128 e. The summed E-state index contributed by atoms with van der Waals surface area (Å²) in [7, 11) is 0. The van der Waals surface area contributed by atoms with E-state index in [1.54, 1.807) is 0 Å². The van der Waals surface area contributed by atoms with Crippen LogP contribution in [-0.4, -0.2) is 0 Å². The van der Waals surface area contributed by atoms with E-state index in [4.69, 9.17) is 5.73 Å². The Hall–Kier alpha value is -0.960. The van der Waals surface area contributed by atoms with E-state index in [1.165, 1.54) is 6.07 Å². The van der Waals surface area contributed by atoms with Crippen LogP contribution in [0.4, 0.5) is 8.78 Å². The molecule has 0 radical (unpaired) electrons. The zero-order valence-electron chi connectivity index (χ0n) is 7.13. The number of hydrogen-bond donors (Lipinski definition) is 1. The van der Waals surface area contributed by atoms with E-state index >= 15 is 0 Å². The third kappa shape index (κ3) is 1.70. The van der Waals surface area contributed by atoms with Gasteiger partial charge in [-0.1, -0.05) is 0 Å². The van der Waals surface area contributed by atoms with Gasteiger partial charge in [0.05, 0.1) is 0 Å². The Kier molecular flexibility index (Phi) is 2.04. The normalized spacial score (nSPS) is 18.7. The van der Waals surface area contributed by atoms with Crippen molar-refractivity contribution in [2.24, 2.45) is 11.7 Å². The molecule has 1 aliphatic carbocycles. The monoisotopic (exact) mass is 183 g/mol. The topological polar surface area (TPSA) is 26.0 Å². The molecule has 2 rings (SSSR count). The fourth-order valence-corrected chi connectivity index (χ4v) is 1.48. The Morgan fingerprint density at radius 1 is 1.31 bits per heavy atom. The first kappa shape index (κ1) is 8.63. The quantitative estimate of drug-likeness (QED) is 0.748. The predicted molar refractivity (Wildman–Crippen MR) is 46.0 cm³/mol. The van der Waals surface area contributed by atoms with E-state index in [0.717, 1.165) is 25.0 Å². The summed E-state index contributed by atoms with van der Waals surface area (Å²) < 4.78 is 25.9. The van der Waals surface area contributed by atoms with E-state index in [2.05, 4.69) is 0 Å². The van der Waals surface area contributed by atoms with Crippen LogP contribution in [0.3, 0.4) is 0 Å². The van der Waals surface area contributed by atoms with E-state index in [1.807, 2.05) is 0 Å². The molecule has 70 valence electrons. The molecule has 0 heterocycles. The molecule has 0 aromatic heterocycles. The Labute approximate surface area is 75.6 Å². The second kappa shape index (κ2) is 3.07. The first-order valence-corrected chi connectivity index (χ1v) is 4.39. The standard InChI is InChI=1S/C10H11F2N/c11-7-3-4-9(12)8(5-7)10(13)6-1-2-6/h3-6,10H,1-2,13H2/t10-/m1/s1. The molecule has 1 nitrogen and oxygen atoms in total. The number of rotatable bonds is 2. The highest BCUT2D eigenvalue weighted by Gasteiger charge is 2.31. The first-order chi connectivity index (χ1) is 6.18. The van der Waals surface area contributed by atoms with Gasteiger partial charge in [0.25, 0.3) is 0 Å². The molecule has 1 aromatic rings. The molecule has 0 unspecified atom stereocenters. The van der Waals surface area contributed by atoms with Gasteiger partial charge < -0.3 is 5.73 Å². The molecule has 1 aliphatic rings. The predicted octanol–water partition coefficient (Wildman–Crippen LogP) is 2.37. The number of benzene rings is 1. The zero-order chi connectivity index (χ0) is 9.42. The Morgan fingerprint density at radius 2 is 2.00 bits per heavy atom. The minimum absolute atomic E-state index is 0.308. The van der Waals surface area contributed by atoms with Crippen LogP contribution in [0.5, 0.6) is 0 Å². The van der Waals surface area contributed by atoms with Crippen molar-refractivity contribution in [2.45, 2.75) is 18.9 Å². The fraction of sp³-hybridized carbons (Fsp3) is 0.400. The van der Waals surface area contributed by atoms with Crippen molar-refractivity contribution in [3.05, 3.63) is 35.4 Å². The molecule has 13 heavy (non-hydrogen) atoms. The Bertz CT molecular complexity index is 321. The summed E-state index contributed by atoms with van der Waals surface area (Å²) in [6, 6.07) is 3.10. The molecule has 0 aliphatic heterocycles.